The maximum absolute atomic E-state index is 12.0. The molecule has 142 valence electrons. The van der Waals surface area contributed by atoms with Crippen molar-refractivity contribution in [2.45, 2.75) is 38.8 Å². The maximum Gasteiger partial charge on any atom is 0.407 e. The largest absolute Gasteiger partial charge is 0.444 e. The summed E-state index contributed by atoms with van der Waals surface area (Å²) in [7, 11) is 0. The van der Waals surface area contributed by atoms with Crippen LogP contribution >= 0.6 is 11.6 Å². The number of nitrogens with one attached hydrogen (secondary N) is 1. The number of carbonyl (C=O) groups excluding carboxylic acids is 1. The first-order valence-corrected chi connectivity index (χ1v) is 9.07. The summed E-state index contributed by atoms with van der Waals surface area (Å²) in [6.07, 6.45) is 3.26. The van der Waals surface area contributed by atoms with Crippen molar-refractivity contribution in [3.63, 3.8) is 0 Å². The molecule has 0 saturated carbocycles. The Morgan fingerprint density at radius 2 is 2.22 bits per heavy atom. The number of alkyl carbamates (subject to hydrolysis) is 1. The standard InChI is InChI=1S/C17H20ClN7O2/c1-17(2,3)22-16(26)27-11-4-5-24(8-11)14-15-23-20-9-25(15)12-6-10(18)7-19-13(12)21-14/h6-7,9,11H,4-5,8H2,1-3H3,(H,22,26)/t11-/m1/s1. The minimum absolute atomic E-state index is 0.217. The van der Waals surface area contributed by atoms with Crippen molar-refractivity contribution in [1.82, 2.24) is 29.9 Å². The Morgan fingerprint density at radius 3 is 3.00 bits per heavy atom. The predicted octanol–water partition coefficient (Wildman–Crippen LogP) is 2.43. The Kier molecular flexibility index (Phi) is 4.26. The second kappa shape index (κ2) is 6.49. The highest BCUT2D eigenvalue weighted by Crippen LogP contribution is 2.27. The zero-order valence-corrected chi connectivity index (χ0v) is 16.1. The van der Waals surface area contributed by atoms with Gasteiger partial charge in [0.05, 0.1) is 17.1 Å². The molecule has 1 amide bonds. The topological polar surface area (TPSA) is 97.5 Å². The number of rotatable bonds is 2. The first kappa shape index (κ1) is 17.7. The van der Waals surface area contributed by atoms with Crippen LogP contribution in [0.25, 0.3) is 16.8 Å². The smallest absolute Gasteiger partial charge is 0.407 e. The van der Waals surface area contributed by atoms with E-state index in [1.54, 1.807) is 18.6 Å². The van der Waals surface area contributed by atoms with Crippen molar-refractivity contribution in [3.05, 3.63) is 23.6 Å². The molecule has 1 atom stereocenters. The first-order valence-electron chi connectivity index (χ1n) is 8.69. The molecule has 27 heavy (non-hydrogen) atoms. The molecule has 4 heterocycles. The van der Waals surface area contributed by atoms with Crippen LogP contribution in [0.15, 0.2) is 18.6 Å². The average Bonchev–Trinajstić information content (AvgIpc) is 3.22. The van der Waals surface area contributed by atoms with Crippen LogP contribution in [0.1, 0.15) is 27.2 Å². The van der Waals surface area contributed by atoms with E-state index in [-0.39, 0.29) is 11.6 Å². The highest BCUT2D eigenvalue weighted by atomic mass is 35.5. The summed E-state index contributed by atoms with van der Waals surface area (Å²) >= 11 is 6.06. The number of hydrogen-bond acceptors (Lipinski definition) is 7. The number of halogens is 1. The Labute approximate surface area is 160 Å². The van der Waals surface area contributed by atoms with Crippen LogP contribution in [0.3, 0.4) is 0 Å². The molecule has 0 spiro atoms. The molecule has 9 nitrogen and oxygen atoms in total. The number of nitrogens with zero attached hydrogens (tertiary/aromatic N) is 6. The van der Waals surface area contributed by atoms with E-state index in [1.165, 1.54) is 0 Å². The van der Waals surface area contributed by atoms with Gasteiger partial charge in [0.1, 0.15) is 12.4 Å². The van der Waals surface area contributed by atoms with Crippen molar-refractivity contribution in [1.29, 1.82) is 0 Å². The van der Waals surface area contributed by atoms with E-state index in [1.807, 2.05) is 30.1 Å². The summed E-state index contributed by atoms with van der Waals surface area (Å²) in [5.74, 6) is 0.664. The van der Waals surface area contributed by atoms with Crippen LogP contribution in [0.5, 0.6) is 0 Å². The van der Waals surface area contributed by atoms with E-state index in [9.17, 15) is 4.79 Å². The average molecular weight is 390 g/mol. The Balaban J connectivity index is 1.59. The van der Waals surface area contributed by atoms with E-state index >= 15 is 0 Å². The summed E-state index contributed by atoms with van der Waals surface area (Å²) in [4.78, 5) is 23.0. The third-order valence-electron chi connectivity index (χ3n) is 4.23. The Morgan fingerprint density at radius 1 is 1.41 bits per heavy atom. The molecular formula is C17H20ClN7O2. The van der Waals surface area contributed by atoms with Crippen molar-refractivity contribution in [2.24, 2.45) is 0 Å². The molecule has 1 fully saturated rings. The zero-order valence-electron chi connectivity index (χ0n) is 15.3. The van der Waals surface area contributed by atoms with Gasteiger partial charge in [-0.2, -0.15) is 0 Å². The van der Waals surface area contributed by atoms with Gasteiger partial charge in [0.25, 0.3) is 0 Å². The highest BCUT2D eigenvalue weighted by molar-refractivity contribution is 6.31. The van der Waals surface area contributed by atoms with E-state index in [4.69, 9.17) is 16.3 Å². The minimum Gasteiger partial charge on any atom is -0.444 e. The lowest BCUT2D eigenvalue weighted by Crippen LogP contribution is -2.42. The summed E-state index contributed by atoms with van der Waals surface area (Å²) in [5.41, 5.74) is 1.57. The lowest BCUT2D eigenvalue weighted by Gasteiger charge is -2.22. The van der Waals surface area contributed by atoms with E-state index < -0.39 is 6.09 Å². The second-order valence-corrected chi connectivity index (χ2v) is 8.03. The molecule has 0 unspecified atom stereocenters. The Bertz CT molecular complexity index is 1010. The SMILES string of the molecule is CC(C)(C)NC(=O)O[C@@H]1CCN(c2nc3ncc(Cl)cc3n3cnnc23)C1. The van der Waals surface area contributed by atoms with Crippen LogP contribution in [0.4, 0.5) is 10.6 Å². The van der Waals surface area contributed by atoms with Crippen LogP contribution in [-0.4, -0.2) is 55.4 Å². The van der Waals surface area contributed by atoms with E-state index in [0.29, 0.717) is 41.6 Å². The van der Waals surface area contributed by atoms with Gasteiger partial charge in [-0.05, 0) is 26.8 Å². The fourth-order valence-corrected chi connectivity index (χ4v) is 3.27. The molecule has 1 aliphatic rings. The number of carbonyl (C=O) groups is 1. The van der Waals surface area contributed by atoms with Crippen molar-refractivity contribution < 1.29 is 9.53 Å². The molecule has 0 radical (unpaired) electrons. The molecule has 10 heteroatoms. The van der Waals surface area contributed by atoms with Gasteiger partial charge >= 0.3 is 6.09 Å². The monoisotopic (exact) mass is 389 g/mol. The van der Waals surface area contributed by atoms with Crippen molar-refractivity contribution >= 4 is 40.3 Å². The number of ether oxygens (including phenoxy) is 1. The number of amides is 1. The summed E-state index contributed by atoms with van der Waals surface area (Å²) in [6, 6.07) is 1.78. The number of pyridine rings is 1. The van der Waals surface area contributed by atoms with Gasteiger partial charge < -0.3 is 15.0 Å². The third-order valence-corrected chi connectivity index (χ3v) is 4.43. The highest BCUT2D eigenvalue weighted by Gasteiger charge is 2.30. The summed E-state index contributed by atoms with van der Waals surface area (Å²) < 4.78 is 7.36. The summed E-state index contributed by atoms with van der Waals surface area (Å²) in [6.45, 7) is 6.97. The van der Waals surface area contributed by atoms with Gasteiger partial charge in [-0.15, -0.1) is 10.2 Å². The predicted molar refractivity (Wildman–Crippen MR) is 101 cm³/mol. The quantitative estimate of drug-likeness (QED) is 0.718. The molecule has 0 bridgehead atoms. The van der Waals surface area contributed by atoms with Gasteiger partial charge in [0.2, 0.25) is 5.65 Å². The van der Waals surface area contributed by atoms with Crippen molar-refractivity contribution in [2.75, 3.05) is 18.0 Å². The first-order chi connectivity index (χ1) is 12.8. The molecule has 1 saturated heterocycles. The summed E-state index contributed by atoms with van der Waals surface area (Å²) in [5, 5.41) is 11.5. The van der Waals surface area contributed by atoms with Gasteiger partial charge in [-0.1, -0.05) is 11.6 Å². The maximum atomic E-state index is 12.0. The molecular weight excluding hydrogens is 370 g/mol. The number of aromatic nitrogens is 5. The molecule has 1 aliphatic heterocycles. The number of anilines is 1. The zero-order chi connectivity index (χ0) is 19.2. The second-order valence-electron chi connectivity index (χ2n) is 7.59. The fraction of sp³-hybridized carbons (Fsp3) is 0.471. The lowest BCUT2D eigenvalue weighted by atomic mass is 10.1. The minimum atomic E-state index is -0.412. The molecule has 0 aliphatic carbocycles. The number of fused-ring (bicyclic) bond motifs is 3. The van der Waals surface area contributed by atoms with Gasteiger partial charge in [-0.3, -0.25) is 4.40 Å². The molecule has 1 N–H and O–H groups in total. The lowest BCUT2D eigenvalue weighted by molar-refractivity contribution is 0.101. The van der Waals surface area contributed by atoms with Gasteiger partial charge in [0, 0.05) is 24.7 Å². The van der Waals surface area contributed by atoms with E-state index in [2.05, 4.69) is 25.5 Å². The van der Waals surface area contributed by atoms with Crippen LogP contribution in [0, 0.1) is 0 Å². The number of hydrogen-bond donors (Lipinski definition) is 1. The Hall–Kier alpha value is -2.68. The normalized spacial score (nSPS) is 17.6. The van der Waals surface area contributed by atoms with E-state index in [0.717, 1.165) is 5.52 Å². The van der Waals surface area contributed by atoms with Crippen LogP contribution < -0.4 is 10.2 Å². The third kappa shape index (κ3) is 3.59. The molecule has 0 aromatic carbocycles. The molecule has 3 aromatic rings. The van der Waals surface area contributed by atoms with Crippen LogP contribution in [-0.2, 0) is 4.74 Å². The fourth-order valence-electron chi connectivity index (χ4n) is 3.11. The van der Waals surface area contributed by atoms with Gasteiger partial charge in [-0.25, -0.2) is 14.8 Å². The molecule has 3 aromatic heterocycles. The van der Waals surface area contributed by atoms with Gasteiger partial charge in [0.15, 0.2) is 11.5 Å². The van der Waals surface area contributed by atoms with Crippen molar-refractivity contribution in [3.8, 4) is 0 Å². The molecule has 4 rings (SSSR count). The van der Waals surface area contributed by atoms with Crippen LogP contribution in [0.2, 0.25) is 5.02 Å².